The van der Waals surface area contributed by atoms with Crippen molar-refractivity contribution in [2.45, 2.75) is 18.2 Å². The van der Waals surface area contributed by atoms with Crippen molar-refractivity contribution in [1.29, 1.82) is 5.26 Å². The van der Waals surface area contributed by atoms with Gasteiger partial charge in [-0.15, -0.1) is 0 Å². The van der Waals surface area contributed by atoms with Crippen LogP contribution in [0.5, 0.6) is 0 Å². The van der Waals surface area contributed by atoms with Crippen molar-refractivity contribution < 1.29 is 0 Å². The van der Waals surface area contributed by atoms with Crippen LogP contribution in [0.1, 0.15) is 6.92 Å². The third-order valence-corrected chi connectivity index (χ3v) is 9.27. The molecule has 0 saturated heterocycles. The van der Waals surface area contributed by atoms with Crippen LogP contribution < -0.4 is 0 Å². The van der Waals surface area contributed by atoms with E-state index in [2.05, 4.69) is 85.7 Å². The van der Waals surface area contributed by atoms with E-state index < -0.39 is 6.47 Å². The molecule has 1 unspecified atom stereocenters. The number of rotatable bonds is 2. The fourth-order valence-electron chi connectivity index (χ4n) is 0.324. The highest BCUT2D eigenvalue weighted by Gasteiger charge is 2.48. The number of hydrogen-bond donors (Lipinski definition) is 0. The van der Waals surface area contributed by atoms with Gasteiger partial charge in [0.1, 0.15) is 3.23 Å². The van der Waals surface area contributed by atoms with Gasteiger partial charge >= 0.3 is 0 Å². The van der Waals surface area contributed by atoms with Crippen molar-refractivity contribution in [1.82, 2.24) is 0 Å². The SMILES string of the molecule is CC(Br)C(Br)(Br)C(Br)(Br)C#N. The Morgan fingerprint density at radius 1 is 1.27 bits per heavy atom. The molecular weight excluding hydrogens is 474 g/mol. The van der Waals surface area contributed by atoms with E-state index in [0.29, 0.717) is 0 Å². The second kappa shape index (κ2) is 4.41. The summed E-state index contributed by atoms with van der Waals surface area (Å²) in [5.41, 5.74) is 0. The van der Waals surface area contributed by atoms with Crippen LogP contribution in [0, 0.1) is 11.3 Å². The number of hydrogen-bond acceptors (Lipinski definition) is 1. The predicted octanol–water partition coefficient (Wildman–Crippen LogP) is 4.27. The minimum atomic E-state index is -0.823. The molecule has 0 saturated carbocycles. The summed E-state index contributed by atoms with van der Waals surface area (Å²) in [5, 5.41) is 8.75. The van der Waals surface area contributed by atoms with E-state index in [0.717, 1.165) is 0 Å². The molecule has 0 radical (unpaired) electrons. The number of nitriles is 1. The fourth-order valence-corrected chi connectivity index (χ4v) is 2.15. The standard InChI is InChI=1S/C5H4Br5N/c1-3(6)5(9,10)4(7,8)2-11/h3H,1H3. The summed E-state index contributed by atoms with van der Waals surface area (Å²) >= 11 is 16.6. The van der Waals surface area contributed by atoms with Gasteiger partial charge in [-0.2, -0.15) is 5.26 Å². The van der Waals surface area contributed by atoms with Crippen LogP contribution in [-0.2, 0) is 0 Å². The average Bonchev–Trinajstić information content (AvgIpc) is 1.87. The minimum absolute atomic E-state index is 0.0911. The van der Waals surface area contributed by atoms with Gasteiger partial charge in [0.2, 0.25) is 0 Å². The molecule has 0 fully saturated rings. The van der Waals surface area contributed by atoms with Gasteiger partial charge in [-0.05, 0) is 0 Å². The van der Waals surface area contributed by atoms with E-state index >= 15 is 0 Å². The van der Waals surface area contributed by atoms with E-state index in [1.807, 2.05) is 6.92 Å². The molecule has 1 atom stereocenters. The van der Waals surface area contributed by atoms with E-state index in [9.17, 15) is 0 Å². The topological polar surface area (TPSA) is 23.8 Å². The molecule has 0 aliphatic heterocycles. The zero-order valence-corrected chi connectivity index (χ0v) is 13.3. The Kier molecular flexibility index (Phi) is 5.16. The Labute approximate surface area is 108 Å². The Morgan fingerprint density at radius 3 is 1.73 bits per heavy atom. The molecule has 0 rings (SSSR count). The van der Waals surface area contributed by atoms with E-state index in [4.69, 9.17) is 5.26 Å². The highest BCUT2D eigenvalue weighted by atomic mass is 79.9. The third kappa shape index (κ3) is 2.94. The summed E-state index contributed by atoms with van der Waals surface area (Å²) in [6, 6.07) is 2.07. The van der Waals surface area contributed by atoms with E-state index in [1.165, 1.54) is 0 Å². The first-order valence-corrected chi connectivity index (χ1v) is 6.65. The van der Waals surface area contributed by atoms with E-state index in [-0.39, 0.29) is 4.83 Å². The summed E-state index contributed by atoms with van der Waals surface area (Å²) in [6.07, 6.45) is 0. The molecule has 0 aromatic carbocycles. The van der Waals surface area contributed by atoms with Crippen molar-refractivity contribution in [3.63, 3.8) is 0 Å². The maximum Gasteiger partial charge on any atom is 0.192 e. The highest BCUT2D eigenvalue weighted by molar-refractivity contribution is 9.31. The molecule has 0 N–H and O–H groups in total. The van der Waals surface area contributed by atoms with Crippen molar-refractivity contribution in [2.75, 3.05) is 0 Å². The lowest BCUT2D eigenvalue weighted by Gasteiger charge is -2.31. The second-order valence-electron chi connectivity index (χ2n) is 1.93. The molecule has 0 aliphatic carbocycles. The molecule has 64 valence electrons. The van der Waals surface area contributed by atoms with Crippen LogP contribution >= 0.6 is 79.6 Å². The summed E-state index contributed by atoms with van der Waals surface area (Å²) < 4.78 is -1.36. The van der Waals surface area contributed by atoms with Crippen LogP contribution in [0.4, 0.5) is 0 Å². The van der Waals surface area contributed by atoms with Gasteiger partial charge in [-0.3, -0.25) is 0 Å². The second-order valence-corrected chi connectivity index (χ2v) is 10.3. The van der Waals surface area contributed by atoms with Crippen LogP contribution in [0.15, 0.2) is 0 Å². The number of halogens is 5. The van der Waals surface area contributed by atoms with Crippen molar-refractivity contribution >= 4 is 79.6 Å². The zero-order chi connectivity index (χ0) is 9.28. The summed E-state index contributed by atoms with van der Waals surface area (Å²) in [4.78, 5) is 0.0911. The number of alkyl halides is 5. The molecule has 0 aromatic heterocycles. The van der Waals surface area contributed by atoms with Gasteiger partial charge < -0.3 is 0 Å². The quantitative estimate of drug-likeness (QED) is 0.545. The van der Waals surface area contributed by atoms with Crippen LogP contribution in [0.3, 0.4) is 0 Å². The largest absolute Gasteiger partial charge is 0.196 e. The van der Waals surface area contributed by atoms with Crippen LogP contribution in [0.25, 0.3) is 0 Å². The normalized spacial score (nSPS) is 15.7. The van der Waals surface area contributed by atoms with Gasteiger partial charge in [-0.1, -0.05) is 86.6 Å². The maximum absolute atomic E-state index is 8.75. The molecule has 0 aromatic rings. The molecule has 0 spiro atoms. The molecule has 11 heavy (non-hydrogen) atoms. The smallest absolute Gasteiger partial charge is 0.192 e. The van der Waals surface area contributed by atoms with Crippen molar-refractivity contribution in [2.24, 2.45) is 0 Å². The van der Waals surface area contributed by atoms with Crippen molar-refractivity contribution in [3.8, 4) is 6.07 Å². The fraction of sp³-hybridized carbons (Fsp3) is 0.800. The number of nitrogens with zero attached hydrogens (tertiary/aromatic N) is 1. The summed E-state index contributed by atoms with van der Waals surface area (Å²) in [5.74, 6) is 0. The van der Waals surface area contributed by atoms with Gasteiger partial charge in [0, 0.05) is 4.83 Å². The minimum Gasteiger partial charge on any atom is -0.196 e. The molecular formula is C5H4Br5N. The lowest BCUT2D eigenvalue weighted by atomic mass is 10.3. The van der Waals surface area contributed by atoms with Crippen LogP contribution in [-0.4, -0.2) is 11.3 Å². The monoisotopic (exact) mass is 473 g/mol. The Bertz CT molecular complexity index is 180. The Balaban J connectivity index is 4.71. The highest BCUT2D eigenvalue weighted by Crippen LogP contribution is 2.51. The molecule has 0 amide bonds. The van der Waals surface area contributed by atoms with Gasteiger partial charge in [0.25, 0.3) is 0 Å². The zero-order valence-electron chi connectivity index (χ0n) is 5.41. The molecule has 0 aliphatic rings. The van der Waals surface area contributed by atoms with Gasteiger partial charge in [0.15, 0.2) is 3.23 Å². The van der Waals surface area contributed by atoms with E-state index in [1.54, 1.807) is 0 Å². The van der Waals surface area contributed by atoms with Crippen molar-refractivity contribution in [3.05, 3.63) is 0 Å². The Hall–Kier alpha value is 1.89. The maximum atomic E-state index is 8.75. The first-order valence-electron chi connectivity index (χ1n) is 2.56. The summed E-state index contributed by atoms with van der Waals surface area (Å²) in [6.45, 7) is 1.93. The van der Waals surface area contributed by atoms with Gasteiger partial charge in [-0.25, -0.2) is 0 Å². The lowest BCUT2D eigenvalue weighted by molar-refractivity contribution is 0.840. The molecule has 0 bridgehead atoms. The first kappa shape index (κ1) is 12.9. The summed E-state index contributed by atoms with van der Waals surface area (Å²) in [7, 11) is 0. The molecule has 6 heteroatoms. The molecule has 0 heterocycles. The van der Waals surface area contributed by atoms with Gasteiger partial charge in [0.05, 0.1) is 6.07 Å². The first-order chi connectivity index (χ1) is 4.75. The third-order valence-electron chi connectivity index (χ3n) is 1.06. The average molecular weight is 478 g/mol. The lowest BCUT2D eigenvalue weighted by Crippen LogP contribution is -2.39. The van der Waals surface area contributed by atoms with Crippen LogP contribution in [0.2, 0.25) is 0 Å². The predicted molar refractivity (Wildman–Crippen MR) is 65.2 cm³/mol. The Morgan fingerprint density at radius 2 is 1.64 bits per heavy atom. The molecule has 1 nitrogen and oxygen atoms in total.